The molecule has 42 heavy (non-hydrogen) atoms. The molecular formula is C29H35F6N7. The second kappa shape index (κ2) is 11.4. The van der Waals surface area contributed by atoms with E-state index in [9.17, 15) is 26.3 Å². The van der Waals surface area contributed by atoms with Gasteiger partial charge in [0.15, 0.2) is 0 Å². The van der Waals surface area contributed by atoms with Crippen LogP contribution in [0.2, 0.25) is 0 Å². The van der Waals surface area contributed by atoms with Crippen molar-refractivity contribution in [1.82, 2.24) is 25.2 Å². The Balaban J connectivity index is 1.57. The Labute approximate surface area is 240 Å². The topological polar surface area (TPSA) is 63.0 Å². The first-order valence-corrected chi connectivity index (χ1v) is 14.2. The number of nitrogens with zero attached hydrogens (tertiary/aromatic N) is 7. The van der Waals surface area contributed by atoms with Crippen LogP contribution in [0.4, 0.5) is 38.1 Å². The summed E-state index contributed by atoms with van der Waals surface area (Å²) in [6, 6.07) is 3.66. The van der Waals surface area contributed by atoms with Gasteiger partial charge in [-0.1, -0.05) is 18.9 Å². The zero-order valence-corrected chi connectivity index (χ0v) is 24.1. The SMILES string of the molecule is Cc1cc(CN(Cc2cc(C(F)(F)F)cc(C(F)(F)F)c2)c2nnn(C)n2)c(N(CC2CC2)CC2CC2)nc1C(C)C. The lowest BCUT2D eigenvalue weighted by atomic mass is 10.0. The zero-order valence-electron chi connectivity index (χ0n) is 24.1. The largest absolute Gasteiger partial charge is 0.416 e. The van der Waals surface area contributed by atoms with Gasteiger partial charge in [0.05, 0.1) is 18.2 Å². The summed E-state index contributed by atoms with van der Waals surface area (Å²) in [5, 5.41) is 12.2. The number of halogens is 6. The lowest BCUT2D eigenvalue weighted by molar-refractivity contribution is -0.143. The predicted molar refractivity (Wildman–Crippen MR) is 146 cm³/mol. The van der Waals surface area contributed by atoms with E-state index in [0.29, 0.717) is 11.8 Å². The molecular weight excluding hydrogens is 560 g/mol. The van der Waals surface area contributed by atoms with Gasteiger partial charge in [-0.3, -0.25) is 0 Å². The molecule has 0 spiro atoms. The third kappa shape index (κ3) is 7.33. The Hall–Kier alpha value is -3.38. The molecule has 0 aliphatic heterocycles. The van der Waals surface area contributed by atoms with Gasteiger partial charge in [-0.15, -0.1) is 5.10 Å². The van der Waals surface area contributed by atoms with Gasteiger partial charge >= 0.3 is 12.4 Å². The highest BCUT2D eigenvalue weighted by atomic mass is 19.4. The molecule has 0 N–H and O–H groups in total. The van der Waals surface area contributed by atoms with Crippen LogP contribution in [0.15, 0.2) is 24.3 Å². The van der Waals surface area contributed by atoms with E-state index in [1.807, 2.05) is 13.0 Å². The van der Waals surface area contributed by atoms with Crippen molar-refractivity contribution in [1.29, 1.82) is 0 Å². The Morgan fingerprint density at radius 3 is 1.88 bits per heavy atom. The van der Waals surface area contributed by atoms with Crippen LogP contribution in [0.5, 0.6) is 0 Å². The van der Waals surface area contributed by atoms with Crippen LogP contribution in [-0.2, 0) is 32.5 Å². The second-order valence-corrected chi connectivity index (χ2v) is 12.0. The molecule has 0 unspecified atom stereocenters. The van der Waals surface area contributed by atoms with Gasteiger partial charge in [0.25, 0.3) is 5.95 Å². The van der Waals surface area contributed by atoms with Crippen molar-refractivity contribution in [3.8, 4) is 0 Å². The van der Waals surface area contributed by atoms with Crippen molar-refractivity contribution >= 4 is 11.8 Å². The predicted octanol–water partition coefficient (Wildman–Crippen LogP) is 6.91. The number of rotatable bonds is 11. The van der Waals surface area contributed by atoms with Crippen LogP contribution in [0.3, 0.4) is 0 Å². The van der Waals surface area contributed by atoms with Crippen molar-refractivity contribution in [3.05, 3.63) is 57.8 Å². The molecule has 2 saturated carbocycles. The molecule has 0 atom stereocenters. The fourth-order valence-electron chi connectivity index (χ4n) is 5.25. The molecule has 1 aromatic carbocycles. The highest BCUT2D eigenvalue weighted by Gasteiger charge is 2.37. The molecule has 228 valence electrons. The second-order valence-electron chi connectivity index (χ2n) is 12.0. The standard InChI is InChI=1S/C29H35F6N7/c1-17(2)25-18(3)9-22(26(36-25)41(13-19-5-6-19)14-20-7-8-20)16-42(27-37-39-40(4)38-27)15-21-10-23(28(30,31)32)12-24(11-21)29(33,34)35/h9-12,17,19-20H,5-8,13-16H2,1-4H3. The van der Waals surface area contributed by atoms with E-state index < -0.39 is 23.5 Å². The molecule has 0 radical (unpaired) electrons. The van der Waals surface area contributed by atoms with Crippen LogP contribution in [0.1, 0.15) is 79.0 Å². The Bertz CT molecular complexity index is 1360. The van der Waals surface area contributed by atoms with Gasteiger partial charge in [0, 0.05) is 37.4 Å². The molecule has 0 bridgehead atoms. The molecule has 2 aliphatic rings. The summed E-state index contributed by atoms with van der Waals surface area (Å²) in [5.74, 6) is 2.25. The summed E-state index contributed by atoms with van der Waals surface area (Å²) in [7, 11) is 1.54. The first-order valence-electron chi connectivity index (χ1n) is 14.2. The molecule has 2 aromatic heterocycles. The van der Waals surface area contributed by atoms with E-state index in [-0.39, 0.29) is 36.6 Å². The van der Waals surface area contributed by atoms with Crippen molar-refractivity contribution in [2.24, 2.45) is 18.9 Å². The van der Waals surface area contributed by atoms with E-state index >= 15 is 0 Å². The maximum atomic E-state index is 13.6. The first-order chi connectivity index (χ1) is 19.7. The average molecular weight is 596 g/mol. The van der Waals surface area contributed by atoms with Crippen LogP contribution in [0.25, 0.3) is 0 Å². The minimum Gasteiger partial charge on any atom is -0.356 e. The molecule has 5 rings (SSSR count). The van der Waals surface area contributed by atoms with E-state index in [1.165, 1.54) is 4.80 Å². The van der Waals surface area contributed by atoms with Crippen LogP contribution in [0, 0.1) is 18.8 Å². The quantitative estimate of drug-likeness (QED) is 0.225. The fraction of sp³-hybridized carbons (Fsp3) is 0.586. The molecule has 2 heterocycles. The van der Waals surface area contributed by atoms with Gasteiger partial charge < -0.3 is 9.80 Å². The van der Waals surface area contributed by atoms with E-state index in [2.05, 4.69) is 34.2 Å². The number of tetrazole rings is 1. The number of pyridine rings is 1. The molecule has 0 amide bonds. The Kier molecular flexibility index (Phi) is 8.14. The van der Waals surface area contributed by atoms with Crippen molar-refractivity contribution in [2.75, 3.05) is 22.9 Å². The summed E-state index contributed by atoms with van der Waals surface area (Å²) in [6.45, 7) is 7.67. The van der Waals surface area contributed by atoms with Crippen LogP contribution >= 0.6 is 0 Å². The summed E-state index contributed by atoms with van der Waals surface area (Å²) in [4.78, 5) is 10.2. The van der Waals surface area contributed by atoms with Gasteiger partial charge in [-0.05, 0) is 91.0 Å². The van der Waals surface area contributed by atoms with E-state index in [4.69, 9.17) is 4.98 Å². The maximum absolute atomic E-state index is 13.6. The van der Waals surface area contributed by atoms with Crippen molar-refractivity contribution in [2.45, 2.75) is 77.8 Å². The van der Waals surface area contributed by atoms with Gasteiger partial charge in [-0.25, -0.2) is 4.98 Å². The summed E-state index contributed by atoms with van der Waals surface area (Å²) >= 11 is 0. The van der Waals surface area contributed by atoms with Gasteiger partial charge in [0.2, 0.25) is 0 Å². The molecule has 2 fully saturated rings. The summed E-state index contributed by atoms with van der Waals surface area (Å²) in [6.07, 6.45) is -5.26. The highest BCUT2D eigenvalue weighted by molar-refractivity contribution is 5.53. The summed E-state index contributed by atoms with van der Waals surface area (Å²) < 4.78 is 81.7. The lowest BCUT2D eigenvalue weighted by Gasteiger charge is -2.30. The minimum absolute atomic E-state index is 0.0935. The lowest BCUT2D eigenvalue weighted by Crippen LogP contribution is -2.32. The van der Waals surface area contributed by atoms with Crippen LogP contribution in [-0.4, -0.2) is 38.3 Å². The third-order valence-electron chi connectivity index (χ3n) is 7.67. The number of hydrogen-bond acceptors (Lipinski definition) is 6. The number of alkyl halides is 6. The van der Waals surface area contributed by atoms with Crippen molar-refractivity contribution in [3.63, 3.8) is 0 Å². The zero-order chi connectivity index (χ0) is 30.4. The molecule has 3 aromatic rings. The summed E-state index contributed by atoms with van der Waals surface area (Å²) in [5.41, 5.74) is -0.150. The number of hydrogen-bond donors (Lipinski definition) is 0. The van der Waals surface area contributed by atoms with Gasteiger partial charge in [-0.2, -0.15) is 31.1 Å². The highest BCUT2D eigenvalue weighted by Crippen LogP contribution is 2.39. The molecule has 13 heteroatoms. The smallest absolute Gasteiger partial charge is 0.356 e. The Morgan fingerprint density at radius 2 is 1.43 bits per heavy atom. The first kappa shape index (κ1) is 30.1. The average Bonchev–Trinajstić information content (AvgIpc) is 3.82. The van der Waals surface area contributed by atoms with E-state index in [0.717, 1.165) is 73.5 Å². The number of benzene rings is 1. The monoisotopic (exact) mass is 595 g/mol. The van der Waals surface area contributed by atoms with Gasteiger partial charge in [0.1, 0.15) is 5.82 Å². The Morgan fingerprint density at radius 1 is 0.857 bits per heavy atom. The maximum Gasteiger partial charge on any atom is 0.416 e. The van der Waals surface area contributed by atoms with E-state index in [1.54, 1.807) is 11.9 Å². The molecule has 7 nitrogen and oxygen atoms in total. The number of aryl methyl sites for hydroxylation is 2. The van der Waals surface area contributed by atoms with Crippen molar-refractivity contribution < 1.29 is 26.3 Å². The third-order valence-corrected chi connectivity index (χ3v) is 7.67. The van der Waals surface area contributed by atoms with Crippen LogP contribution < -0.4 is 9.80 Å². The molecule has 2 aliphatic carbocycles. The molecule has 0 saturated heterocycles. The minimum atomic E-state index is -4.95. The number of anilines is 2. The fourth-order valence-corrected chi connectivity index (χ4v) is 5.25. The normalized spacial score (nSPS) is 15.9. The number of aromatic nitrogens is 5.